The molecule has 30 heavy (non-hydrogen) atoms. The molecule has 6 heteroatoms. The van der Waals surface area contributed by atoms with Crippen LogP contribution in [0.2, 0.25) is 0 Å². The zero-order chi connectivity index (χ0) is 20.2. The largest absolute Gasteiger partial charge is 0.370 e. The summed E-state index contributed by atoms with van der Waals surface area (Å²) >= 11 is 0. The van der Waals surface area contributed by atoms with Gasteiger partial charge in [0.1, 0.15) is 0 Å². The van der Waals surface area contributed by atoms with Crippen molar-refractivity contribution in [2.45, 2.75) is 33.2 Å². The minimum absolute atomic E-state index is 0. The third kappa shape index (κ3) is 6.60. The van der Waals surface area contributed by atoms with Crippen LogP contribution in [0.4, 0.5) is 11.4 Å². The molecule has 0 spiro atoms. The summed E-state index contributed by atoms with van der Waals surface area (Å²) < 4.78 is 0. The van der Waals surface area contributed by atoms with Crippen molar-refractivity contribution in [1.29, 1.82) is 0 Å². The lowest BCUT2D eigenvalue weighted by molar-refractivity contribution is 0.248. The molecular weight excluding hydrogens is 485 g/mol. The Morgan fingerprint density at radius 3 is 2.23 bits per heavy atom. The fourth-order valence-corrected chi connectivity index (χ4v) is 4.08. The van der Waals surface area contributed by atoms with Gasteiger partial charge in [0, 0.05) is 44.1 Å². The maximum atomic E-state index is 6.08. The number of aryl methyl sites for hydroxylation is 2. The Bertz CT molecular complexity index is 832. The normalized spacial score (nSPS) is 17.5. The number of piperazine rings is 1. The summed E-state index contributed by atoms with van der Waals surface area (Å²) in [6.45, 7) is 10.7. The van der Waals surface area contributed by atoms with E-state index in [-0.39, 0.29) is 24.0 Å². The molecule has 2 aromatic carbocycles. The second-order valence-electron chi connectivity index (χ2n) is 8.60. The molecule has 1 saturated heterocycles. The minimum Gasteiger partial charge on any atom is -0.370 e. The van der Waals surface area contributed by atoms with E-state index in [0.717, 1.165) is 24.7 Å². The number of halogens is 1. The first-order valence-electron chi connectivity index (χ1n) is 10.8. The van der Waals surface area contributed by atoms with Crippen molar-refractivity contribution in [2.75, 3.05) is 42.9 Å². The van der Waals surface area contributed by atoms with Crippen molar-refractivity contribution >= 4 is 41.3 Å². The first kappa shape index (κ1) is 22.9. The summed E-state index contributed by atoms with van der Waals surface area (Å²) in [6, 6.07) is 15.1. The van der Waals surface area contributed by atoms with Gasteiger partial charge in [-0.2, -0.15) is 0 Å². The zero-order valence-electron chi connectivity index (χ0n) is 18.1. The number of rotatable bonds is 6. The van der Waals surface area contributed by atoms with Crippen LogP contribution in [0.3, 0.4) is 0 Å². The fourth-order valence-electron chi connectivity index (χ4n) is 4.08. The third-order valence-electron chi connectivity index (χ3n) is 5.81. The number of aliphatic imine (C=N–C) groups is 1. The van der Waals surface area contributed by atoms with Crippen molar-refractivity contribution in [1.82, 2.24) is 4.90 Å². The van der Waals surface area contributed by atoms with Gasteiger partial charge >= 0.3 is 0 Å². The maximum absolute atomic E-state index is 6.08. The highest BCUT2D eigenvalue weighted by atomic mass is 127. The van der Waals surface area contributed by atoms with Crippen LogP contribution in [-0.2, 0) is 6.54 Å². The highest BCUT2D eigenvalue weighted by Crippen LogP contribution is 2.30. The van der Waals surface area contributed by atoms with Gasteiger partial charge in [0.2, 0.25) is 0 Å². The van der Waals surface area contributed by atoms with Crippen LogP contribution in [0.5, 0.6) is 0 Å². The summed E-state index contributed by atoms with van der Waals surface area (Å²) in [5.74, 6) is 1.43. The van der Waals surface area contributed by atoms with Gasteiger partial charge in [0.05, 0.1) is 6.54 Å². The molecule has 0 unspecified atom stereocenters. The predicted molar refractivity (Wildman–Crippen MR) is 138 cm³/mol. The second-order valence-corrected chi connectivity index (χ2v) is 8.60. The quantitative estimate of drug-likeness (QED) is 0.338. The smallest absolute Gasteiger partial charge is 0.193 e. The summed E-state index contributed by atoms with van der Waals surface area (Å²) in [7, 11) is 0. The van der Waals surface area contributed by atoms with Gasteiger partial charge in [-0.1, -0.05) is 18.2 Å². The van der Waals surface area contributed by atoms with E-state index in [9.17, 15) is 0 Å². The van der Waals surface area contributed by atoms with E-state index in [1.807, 2.05) is 0 Å². The van der Waals surface area contributed by atoms with Gasteiger partial charge < -0.3 is 16.0 Å². The molecule has 0 bridgehead atoms. The molecule has 4 rings (SSSR count). The van der Waals surface area contributed by atoms with Crippen molar-refractivity contribution in [3.8, 4) is 0 Å². The van der Waals surface area contributed by atoms with Crippen molar-refractivity contribution in [3.05, 3.63) is 59.2 Å². The van der Waals surface area contributed by atoms with Gasteiger partial charge in [-0.15, -0.1) is 24.0 Å². The number of anilines is 2. The van der Waals surface area contributed by atoms with Crippen LogP contribution in [0.25, 0.3) is 0 Å². The number of hydrogen-bond donors (Lipinski definition) is 2. The van der Waals surface area contributed by atoms with Gasteiger partial charge in [-0.25, -0.2) is 4.99 Å². The molecule has 0 aromatic heterocycles. The Labute approximate surface area is 197 Å². The molecule has 3 N–H and O–H groups in total. The Hall–Kier alpha value is -1.80. The monoisotopic (exact) mass is 519 g/mol. The van der Waals surface area contributed by atoms with Gasteiger partial charge in [0.15, 0.2) is 5.96 Å². The Morgan fingerprint density at radius 1 is 1.00 bits per heavy atom. The summed E-state index contributed by atoms with van der Waals surface area (Å²) in [5.41, 5.74) is 12.0. The van der Waals surface area contributed by atoms with E-state index in [4.69, 9.17) is 5.73 Å². The molecule has 5 nitrogen and oxygen atoms in total. The SMILES string of the molecule is Cc1cc(C)cc(NC(N)=NCc2ccc(N3CCN(CC4CC4)CC3)cc2)c1.I. The van der Waals surface area contributed by atoms with Crippen molar-refractivity contribution in [3.63, 3.8) is 0 Å². The lowest BCUT2D eigenvalue weighted by atomic mass is 10.1. The van der Waals surface area contributed by atoms with Crippen LogP contribution in [0.1, 0.15) is 29.5 Å². The minimum atomic E-state index is 0. The van der Waals surface area contributed by atoms with Gasteiger partial charge in [0.25, 0.3) is 0 Å². The van der Waals surface area contributed by atoms with E-state index in [0.29, 0.717) is 12.5 Å². The molecule has 0 radical (unpaired) electrons. The number of benzene rings is 2. The lowest BCUT2D eigenvalue weighted by Crippen LogP contribution is -2.47. The molecule has 1 heterocycles. The highest BCUT2D eigenvalue weighted by molar-refractivity contribution is 14.0. The maximum Gasteiger partial charge on any atom is 0.193 e. The molecule has 162 valence electrons. The van der Waals surface area contributed by atoms with E-state index in [2.05, 4.69) is 76.4 Å². The predicted octanol–water partition coefficient (Wildman–Crippen LogP) is 4.38. The van der Waals surface area contributed by atoms with Crippen LogP contribution in [0.15, 0.2) is 47.5 Å². The summed E-state index contributed by atoms with van der Waals surface area (Å²) in [6.07, 6.45) is 2.88. The highest BCUT2D eigenvalue weighted by Gasteiger charge is 2.26. The molecule has 2 fully saturated rings. The zero-order valence-corrected chi connectivity index (χ0v) is 20.4. The lowest BCUT2D eigenvalue weighted by Gasteiger charge is -2.36. The van der Waals surface area contributed by atoms with Crippen molar-refractivity contribution < 1.29 is 0 Å². The van der Waals surface area contributed by atoms with Crippen molar-refractivity contribution in [2.24, 2.45) is 16.6 Å². The summed E-state index contributed by atoms with van der Waals surface area (Å²) in [5, 5.41) is 3.19. The number of nitrogens with one attached hydrogen (secondary N) is 1. The fraction of sp³-hybridized carbons (Fsp3) is 0.458. The first-order valence-corrected chi connectivity index (χ1v) is 10.8. The molecule has 2 aliphatic rings. The van der Waals surface area contributed by atoms with Crippen LogP contribution >= 0.6 is 24.0 Å². The Balaban J connectivity index is 0.00000256. The number of nitrogens with zero attached hydrogens (tertiary/aromatic N) is 3. The third-order valence-corrected chi connectivity index (χ3v) is 5.81. The second kappa shape index (κ2) is 10.5. The molecule has 1 aliphatic heterocycles. The Morgan fingerprint density at radius 2 is 1.63 bits per heavy atom. The Kier molecular flexibility index (Phi) is 7.99. The molecular formula is C24H34IN5. The van der Waals surface area contributed by atoms with E-state index < -0.39 is 0 Å². The molecule has 1 aliphatic carbocycles. The number of hydrogen-bond acceptors (Lipinski definition) is 3. The van der Waals surface area contributed by atoms with Gasteiger partial charge in [-0.3, -0.25) is 4.90 Å². The topological polar surface area (TPSA) is 56.9 Å². The molecule has 1 saturated carbocycles. The standard InChI is InChI=1S/C24H33N5.HI/c1-18-13-19(2)15-22(14-18)27-24(25)26-16-20-5-7-23(8-6-20)29-11-9-28(10-12-29)17-21-3-4-21;/h5-8,13-15,21H,3-4,9-12,16-17H2,1-2H3,(H3,25,26,27);1H. The van der Waals surface area contributed by atoms with Crippen LogP contribution in [0, 0.1) is 19.8 Å². The van der Waals surface area contributed by atoms with Gasteiger partial charge in [-0.05, 0) is 73.6 Å². The number of guanidine groups is 1. The average molecular weight is 519 g/mol. The molecule has 0 atom stereocenters. The van der Waals surface area contributed by atoms with Crippen LogP contribution in [-0.4, -0.2) is 43.6 Å². The average Bonchev–Trinajstić information content (AvgIpc) is 3.51. The summed E-state index contributed by atoms with van der Waals surface area (Å²) in [4.78, 5) is 9.62. The van der Waals surface area contributed by atoms with Crippen LogP contribution < -0.4 is 16.0 Å². The first-order chi connectivity index (χ1) is 14.0. The molecule has 2 aromatic rings. The van der Waals surface area contributed by atoms with E-state index in [1.54, 1.807) is 0 Å². The van der Waals surface area contributed by atoms with E-state index >= 15 is 0 Å². The number of nitrogens with two attached hydrogens (primary N) is 1. The van der Waals surface area contributed by atoms with E-state index in [1.165, 1.54) is 54.9 Å². The molecule has 0 amide bonds.